The minimum atomic E-state index is -1.05. The standard InChI is InChI=1S/C20H17F2N3O2/c1-13(26)25(15-7-8-16(21)17(22)12-15)11-9-19(27)24-18-6-2-4-14-5-3-10-23-20(14)18/h2-8,10,12H,9,11H2,1H3,(H,24,27). The molecule has 138 valence electrons. The van der Waals surface area contributed by atoms with Gasteiger partial charge in [0.25, 0.3) is 0 Å². The number of rotatable bonds is 5. The van der Waals surface area contributed by atoms with E-state index < -0.39 is 11.6 Å². The fourth-order valence-electron chi connectivity index (χ4n) is 2.75. The monoisotopic (exact) mass is 369 g/mol. The Bertz CT molecular complexity index is 1000. The summed E-state index contributed by atoms with van der Waals surface area (Å²) in [6.07, 6.45) is 1.63. The number of pyridine rings is 1. The summed E-state index contributed by atoms with van der Waals surface area (Å²) in [5, 5.41) is 3.67. The molecule has 3 aromatic rings. The Morgan fingerprint density at radius 3 is 2.59 bits per heavy atom. The normalized spacial score (nSPS) is 10.6. The Labute approximate surface area is 154 Å². The van der Waals surface area contributed by atoms with Crippen LogP contribution in [0.4, 0.5) is 20.2 Å². The summed E-state index contributed by atoms with van der Waals surface area (Å²) < 4.78 is 26.5. The SMILES string of the molecule is CC(=O)N(CCC(=O)Nc1cccc2cccnc12)c1ccc(F)c(F)c1. The Morgan fingerprint density at radius 2 is 1.85 bits per heavy atom. The molecule has 27 heavy (non-hydrogen) atoms. The van der Waals surface area contributed by atoms with Crippen molar-refractivity contribution in [2.75, 3.05) is 16.8 Å². The molecule has 5 nitrogen and oxygen atoms in total. The summed E-state index contributed by atoms with van der Waals surface area (Å²) in [7, 11) is 0. The minimum Gasteiger partial charge on any atom is -0.324 e. The molecule has 0 aliphatic rings. The Kier molecular flexibility index (Phi) is 5.40. The van der Waals surface area contributed by atoms with Crippen molar-refractivity contribution in [3.8, 4) is 0 Å². The second kappa shape index (κ2) is 7.90. The number of nitrogens with one attached hydrogen (secondary N) is 1. The van der Waals surface area contributed by atoms with Crippen LogP contribution in [0.25, 0.3) is 10.9 Å². The van der Waals surface area contributed by atoms with Gasteiger partial charge in [-0.2, -0.15) is 0 Å². The third-order valence-electron chi connectivity index (χ3n) is 4.06. The van der Waals surface area contributed by atoms with Crippen molar-refractivity contribution in [3.63, 3.8) is 0 Å². The van der Waals surface area contributed by atoms with Gasteiger partial charge in [0.15, 0.2) is 11.6 Å². The molecule has 0 saturated carbocycles. The van der Waals surface area contributed by atoms with Gasteiger partial charge >= 0.3 is 0 Å². The summed E-state index contributed by atoms with van der Waals surface area (Å²) >= 11 is 0. The summed E-state index contributed by atoms with van der Waals surface area (Å²) in [6.45, 7) is 1.33. The predicted molar refractivity (Wildman–Crippen MR) is 99.4 cm³/mol. The molecule has 3 rings (SSSR count). The number of amides is 2. The lowest BCUT2D eigenvalue weighted by atomic mass is 10.2. The lowest BCUT2D eigenvalue weighted by molar-refractivity contribution is -0.117. The first kappa shape index (κ1) is 18.4. The zero-order chi connectivity index (χ0) is 19.4. The van der Waals surface area contributed by atoms with Crippen molar-refractivity contribution in [3.05, 3.63) is 66.4 Å². The first-order valence-electron chi connectivity index (χ1n) is 8.32. The molecular formula is C20H17F2N3O2. The maximum absolute atomic E-state index is 13.4. The highest BCUT2D eigenvalue weighted by Gasteiger charge is 2.16. The van der Waals surface area contributed by atoms with Crippen molar-refractivity contribution in [1.82, 2.24) is 4.98 Å². The molecular weight excluding hydrogens is 352 g/mol. The summed E-state index contributed by atoms with van der Waals surface area (Å²) in [5.74, 6) is -2.74. The second-order valence-electron chi connectivity index (χ2n) is 5.95. The highest BCUT2D eigenvalue weighted by molar-refractivity contribution is 6.01. The number of anilines is 2. The molecule has 0 spiro atoms. The average Bonchev–Trinajstić information content (AvgIpc) is 2.65. The maximum atomic E-state index is 13.4. The number of carbonyl (C=O) groups is 2. The van der Waals surface area contributed by atoms with E-state index in [9.17, 15) is 18.4 Å². The molecule has 1 aromatic heterocycles. The van der Waals surface area contributed by atoms with E-state index >= 15 is 0 Å². The quantitative estimate of drug-likeness (QED) is 0.742. The van der Waals surface area contributed by atoms with E-state index in [2.05, 4.69) is 10.3 Å². The molecule has 0 atom stereocenters. The van der Waals surface area contributed by atoms with Crippen molar-refractivity contribution >= 4 is 34.1 Å². The molecule has 0 saturated heterocycles. The van der Waals surface area contributed by atoms with Gasteiger partial charge in [-0.1, -0.05) is 18.2 Å². The molecule has 1 heterocycles. The first-order valence-corrected chi connectivity index (χ1v) is 8.32. The van der Waals surface area contributed by atoms with Crippen molar-refractivity contribution < 1.29 is 18.4 Å². The lowest BCUT2D eigenvalue weighted by Crippen LogP contribution is -2.32. The number of para-hydroxylation sites is 1. The topological polar surface area (TPSA) is 62.3 Å². The number of benzene rings is 2. The zero-order valence-electron chi connectivity index (χ0n) is 14.6. The van der Waals surface area contributed by atoms with Crippen LogP contribution in [0.5, 0.6) is 0 Å². The van der Waals surface area contributed by atoms with E-state index in [-0.39, 0.29) is 30.5 Å². The van der Waals surface area contributed by atoms with Gasteiger partial charge in [-0.25, -0.2) is 8.78 Å². The lowest BCUT2D eigenvalue weighted by Gasteiger charge is -2.21. The molecule has 0 fully saturated rings. The molecule has 1 N–H and O–H groups in total. The average molecular weight is 369 g/mol. The number of halogens is 2. The van der Waals surface area contributed by atoms with Crippen LogP contribution in [0.1, 0.15) is 13.3 Å². The van der Waals surface area contributed by atoms with E-state index in [1.54, 1.807) is 18.3 Å². The molecule has 7 heteroatoms. The van der Waals surface area contributed by atoms with Crippen LogP contribution in [0.15, 0.2) is 54.7 Å². The third kappa shape index (κ3) is 4.25. The Morgan fingerprint density at radius 1 is 1.07 bits per heavy atom. The zero-order valence-corrected chi connectivity index (χ0v) is 14.6. The highest BCUT2D eigenvalue weighted by atomic mass is 19.2. The summed E-state index contributed by atoms with van der Waals surface area (Å²) in [5.41, 5.74) is 1.43. The van der Waals surface area contributed by atoms with E-state index in [1.165, 1.54) is 17.9 Å². The van der Waals surface area contributed by atoms with Gasteiger partial charge in [0.1, 0.15) is 0 Å². The van der Waals surface area contributed by atoms with Gasteiger partial charge < -0.3 is 10.2 Å². The fourth-order valence-corrected chi connectivity index (χ4v) is 2.75. The number of carbonyl (C=O) groups excluding carboxylic acids is 2. The summed E-state index contributed by atoms with van der Waals surface area (Å²) in [4.78, 5) is 29.7. The van der Waals surface area contributed by atoms with Crippen LogP contribution in [0.2, 0.25) is 0 Å². The number of nitrogens with zero attached hydrogens (tertiary/aromatic N) is 2. The van der Waals surface area contributed by atoms with Gasteiger partial charge in [-0.05, 0) is 24.3 Å². The van der Waals surface area contributed by atoms with Gasteiger partial charge in [0.2, 0.25) is 11.8 Å². The van der Waals surface area contributed by atoms with Crippen molar-refractivity contribution in [2.24, 2.45) is 0 Å². The van der Waals surface area contributed by atoms with E-state index in [0.717, 1.165) is 17.5 Å². The number of aromatic nitrogens is 1. The van der Waals surface area contributed by atoms with Crippen LogP contribution < -0.4 is 10.2 Å². The van der Waals surface area contributed by atoms with E-state index in [0.29, 0.717) is 11.2 Å². The Balaban J connectivity index is 1.71. The van der Waals surface area contributed by atoms with Crippen LogP contribution in [-0.2, 0) is 9.59 Å². The van der Waals surface area contributed by atoms with Gasteiger partial charge in [0.05, 0.1) is 11.2 Å². The largest absolute Gasteiger partial charge is 0.324 e. The predicted octanol–water partition coefficient (Wildman–Crippen LogP) is 3.89. The molecule has 2 amide bonds. The van der Waals surface area contributed by atoms with Crippen molar-refractivity contribution in [2.45, 2.75) is 13.3 Å². The molecule has 2 aromatic carbocycles. The molecule has 0 aliphatic carbocycles. The molecule has 0 unspecified atom stereocenters. The number of hydrogen-bond donors (Lipinski definition) is 1. The van der Waals surface area contributed by atoms with E-state index in [4.69, 9.17) is 0 Å². The van der Waals surface area contributed by atoms with E-state index in [1.807, 2.05) is 18.2 Å². The number of hydrogen-bond acceptors (Lipinski definition) is 3. The van der Waals surface area contributed by atoms with Crippen LogP contribution in [-0.4, -0.2) is 23.3 Å². The van der Waals surface area contributed by atoms with Gasteiger partial charge in [-0.15, -0.1) is 0 Å². The second-order valence-corrected chi connectivity index (χ2v) is 5.95. The number of fused-ring (bicyclic) bond motifs is 1. The summed E-state index contributed by atoms with van der Waals surface area (Å²) in [6, 6.07) is 12.3. The van der Waals surface area contributed by atoms with Crippen LogP contribution >= 0.6 is 0 Å². The van der Waals surface area contributed by atoms with Gasteiger partial charge in [0, 0.05) is 43.2 Å². The Hall–Kier alpha value is -3.35. The third-order valence-corrected chi connectivity index (χ3v) is 4.06. The fraction of sp³-hybridized carbons (Fsp3) is 0.150. The minimum absolute atomic E-state index is 0.0121. The smallest absolute Gasteiger partial charge is 0.226 e. The van der Waals surface area contributed by atoms with Gasteiger partial charge in [-0.3, -0.25) is 14.6 Å². The molecule has 0 radical (unpaired) electrons. The van der Waals surface area contributed by atoms with Crippen LogP contribution in [0.3, 0.4) is 0 Å². The highest BCUT2D eigenvalue weighted by Crippen LogP contribution is 2.21. The maximum Gasteiger partial charge on any atom is 0.226 e. The van der Waals surface area contributed by atoms with Crippen LogP contribution in [0, 0.1) is 11.6 Å². The van der Waals surface area contributed by atoms with Crippen molar-refractivity contribution in [1.29, 1.82) is 0 Å². The first-order chi connectivity index (χ1) is 13.0. The molecule has 0 aliphatic heterocycles. The molecule has 0 bridgehead atoms.